The molecule has 25 heavy (non-hydrogen) atoms. The van der Waals surface area contributed by atoms with Crippen molar-refractivity contribution >= 4 is 23.3 Å². The molecule has 138 valence electrons. The molecule has 2 amide bonds. The SMILES string of the molecule is O=C(NCCCN1CCCCC1)N1CCN(c2ccc(Cl)cc2)CC1. The molecule has 0 bridgehead atoms. The van der Waals surface area contributed by atoms with Crippen LogP contribution in [0, 0.1) is 0 Å². The summed E-state index contributed by atoms with van der Waals surface area (Å²) < 4.78 is 0. The average molecular weight is 365 g/mol. The van der Waals surface area contributed by atoms with E-state index in [1.165, 1.54) is 38.0 Å². The van der Waals surface area contributed by atoms with Gasteiger partial charge in [0.25, 0.3) is 0 Å². The summed E-state index contributed by atoms with van der Waals surface area (Å²) in [5, 5.41) is 3.83. The number of piperazine rings is 1. The zero-order valence-electron chi connectivity index (χ0n) is 14.9. The van der Waals surface area contributed by atoms with Crippen molar-refractivity contribution < 1.29 is 4.79 Å². The van der Waals surface area contributed by atoms with Gasteiger partial charge >= 0.3 is 6.03 Å². The summed E-state index contributed by atoms with van der Waals surface area (Å²) in [6, 6.07) is 7.99. The topological polar surface area (TPSA) is 38.8 Å². The number of halogens is 1. The summed E-state index contributed by atoms with van der Waals surface area (Å²) in [5.74, 6) is 0. The van der Waals surface area contributed by atoms with Crippen molar-refractivity contribution in [3.8, 4) is 0 Å². The van der Waals surface area contributed by atoms with E-state index in [2.05, 4.69) is 15.1 Å². The molecule has 0 spiro atoms. The third kappa shape index (κ3) is 5.51. The highest BCUT2D eigenvalue weighted by molar-refractivity contribution is 6.30. The molecule has 0 saturated carbocycles. The Kier molecular flexibility index (Phi) is 6.82. The van der Waals surface area contributed by atoms with E-state index >= 15 is 0 Å². The number of likely N-dealkylation sites (tertiary alicyclic amines) is 1. The van der Waals surface area contributed by atoms with E-state index in [-0.39, 0.29) is 6.03 Å². The molecule has 0 aromatic heterocycles. The van der Waals surface area contributed by atoms with Gasteiger partial charge in [-0.2, -0.15) is 0 Å². The van der Waals surface area contributed by atoms with Gasteiger partial charge in [0, 0.05) is 43.4 Å². The maximum absolute atomic E-state index is 12.3. The Labute approximate surface area is 155 Å². The summed E-state index contributed by atoms with van der Waals surface area (Å²) in [5.41, 5.74) is 1.17. The zero-order chi connectivity index (χ0) is 17.5. The maximum atomic E-state index is 12.3. The van der Waals surface area contributed by atoms with Crippen LogP contribution >= 0.6 is 11.6 Å². The van der Waals surface area contributed by atoms with E-state index < -0.39 is 0 Å². The number of rotatable bonds is 5. The minimum absolute atomic E-state index is 0.0781. The fraction of sp³-hybridized carbons (Fsp3) is 0.632. The summed E-state index contributed by atoms with van der Waals surface area (Å²) in [6.45, 7) is 7.57. The lowest BCUT2D eigenvalue weighted by Crippen LogP contribution is -2.52. The third-order valence-corrected chi connectivity index (χ3v) is 5.39. The number of carbonyl (C=O) groups is 1. The van der Waals surface area contributed by atoms with Gasteiger partial charge in [-0.1, -0.05) is 18.0 Å². The van der Waals surface area contributed by atoms with E-state index in [4.69, 9.17) is 11.6 Å². The van der Waals surface area contributed by atoms with Gasteiger partial charge in [0.05, 0.1) is 0 Å². The number of carbonyl (C=O) groups excluding carboxylic acids is 1. The van der Waals surface area contributed by atoms with Crippen LogP contribution in [-0.2, 0) is 0 Å². The van der Waals surface area contributed by atoms with Crippen molar-refractivity contribution in [2.75, 3.05) is 57.3 Å². The van der Waals surface area contributed by atoms with Crippen molar-refractivity contribution in [1.29, 1.82) is 0 Å². The standard InChI is InChI=1S/C19H29ClN4O/c20-17-5-7-18(8-6-17)23-13-15-24(16-14-23)19(25)21-9-4-12-22-10-2-1-3-11-22/h5-8H,1-4,9-16H2,(H,21,25). The summed E-state index contributed by atoms with van der Waals surface area (Å²) in [7, 11) is 0. The Morgan fingerprint density at radius 2 is 1.64 bits per heavy atom. The molecule has 1 N–H and O–H groups in total. The second kappa shape index (κ2) is 9.30. The molecule has 6 heteroatoms. The van der Waals surface area contributed by atoms with Crippen LogP contribution < -0.4 is 10.2 Å². The molecule has 2 heterocycles. The first-order valence-corrected chi connectivity index (χ1v) is 9.86. The highest BCUT2D eigenvalue weighted by atomic mass is 35.5. The Bertz CT molecular complexity index is 537. The van der Waals surface area contributed by atoms with Crippen LogP contribution in [-0.4, -0.2) is 68.2 Å². The lowest BCUT2D eigenvalue weighted by molar-refractivity contribution is 0.191. The summed E-state index contributed by atoms with van der Waals surface area (Å²) in [6.07, 6.45) is 5.06. The van der Waals surface area contributed by atoms with Gasteiger partial charge in [-0.15, -0.1) is 0 Å². The van der Waals surface area contributed by atoms with Crippen LogP contribution in [0.1, 0.15) is 25.7 Å². The summed E-state index contributed by atoms with van der Waals surface area (Å²) in [4.78, 5) is 19.0. The van der Waals surface area contributed by atoms with Gasteiger partial charge in [0.2, 0.25) is 0 Å². The van der Waals surface area contributed by atoms with Crippen molar-refractivity contribution in [1.82, 2.24) is 15.1 Å². The second-order valence-electron chi connectivity index (χ2n) is 6.94. The quantitative estimate of drug-likeness (QED) is 0.816. The summed E-state index contributed by atoms with van der Waals surface area (Å²) >= 11 is 5.94. The molecule has 0 atom stereocenters. The van der Waals surface area contributed by atoms with E-state index in [0.717, 1.165) is 50.7 Å². The Balaban J connectivity index is 1.33. The molecule has 2 aliphatic heterocycles. The van der Waals surface area contributed by atoms with Crippen molar-refractivity contribution in [3.05, 3.63) is 29.3 Å². The van der Waals surface area contributed by atoms with Crippen molar-refractivity contribution in [2.24, 2.45) is 0 Å². The number of nitrogens with one attached hydrogen (secondary N) is 1. The largest absolute Gasteiger partial charge is 0.368 e. The van der Waals surface area contributed by atoms with Crippen molar-refractivity contribution in [3.63, 3.8) is 0 Å². The molecule has 2 saturated heterocycles. The van der Waals surface area contributed by atoms with Gasteiger partial charge in [0.15, 0.2) is 0 Å². The smallest absolute Gasteiger partial charge is 0.317 e. The molecule has 0 aliphatic carbocycles. The van der Waals surface area contributed by atoms with Gasteiger partial charge in [-0.25, -0.2) is 4.79 Å². The van der Waals surface area contributed by atoms with E-state index in [1.54, 1.807) is 0 Å². The molecular formula is C19H29ClN4O. The Morgan fingerprint density at radius 1 is 0.960 bits per heavy atom. The lowest BCUT2D eigenvalue weighted by Gasteiger charge is -2.36. The monoisotopic (exact) mass is 364 g/mol. The molecule has 5 nitrogen and oxygen atoms in total. The number of hydrogen-bond acceptors (Lipinski definition) is 3. The minimum Gasteiger partial charge on any atom is -0.368 e. The number of hydrogen-bond donors (Lipinski definition) is 1. The second-order valence-corrected chi connectivity index (χ2v) is 7.37. The number of urea groups is 1. The molecule has 0 unspecified atom stereocenters. The van der Waals surface area contributed by atoms with Crippen LogP contribution in [0.2, 0.25) is 5.02 Å². The zero-order valence-corrected chi connectivity index (χ0v) is 15.7. The van der Waals surface area contributed by atoms with E-state index in [1.807, 2.05) is 29.2 Å². The van der Waals surface area contributed by atoms with Gasteiger partial charge < -0.3 is 20.0 Å². The third-order valence-electron chi connectivity index (χ3n) is 5.13. The molecular weight excluding hydrogens is 336 g/mol. The Morgan fingerprint density at radius 3 is 2.32 bits per heavy atom. The molecule has 2 aliphatic rings. The van der Waals surface area contributed by atoms with Crippen molar-refractivity contribution in [2.45, 2.75) is 25.7 Å². The normalized spacial score (nSPS) is 19.1. The highest BCUT2D eigenvalue weighted by Crippen LogP contribution is 2.19. The molecule has 2 fully saturated rings. The molecule has 1 aromatic carbocycles. The van der Waals surface area contributed by atoms with Gasteiger partial charge in [-0.3, -0.25) is 0 Å². The highest BCUT2D eigenvalue weighted by Gasteiger charge is 2.21. The van der Waals surface area contributed by atoms with E-state index in [0.29, 0.717) is 0 Å². The van der Waals surface area contributed by atoms with E-state index in [9.17, 15) is 4.79 Å². The first-order chi connectivity index (χ1) is 12.2. The maximum Gasteiger partial charge on any atom is 0.317 e. The fourth-order valence-corrected chi connectivity index (χ4v) is 3.74. The van der Waals surface area contributed by atoms with Crippen LogP contribution in [0.15, 0.2) is 24.3 Å². The van der Waals surface area contributed by atoms with Gasteiger partial charge in [-0.05, 0) is 63.2 Å². The number of benzene rings is 1. The van der Waals surface area contributed by atoms with Gasteiger partial charge in [0.1, 0.15) is 0 Å². The first-order valence-electron chi connectivity index (χ1n) is 9.48. The van der Waals surface area contributed by atoms with Crippen LogP contribution in [0.5, 0.6) is 0 Å². The lowest BCUT2D eigenvalue weighted by atomic mass is 10.1. The fourth-order valence-electron chi connectivity index (χ4n) is 3.61. The molecule has 0 radical (unpaired) electrons. The van der Waals surface area contributed by atoms with Crippen LogP contribution in [0.4, 0.5) is 10.5 Å². The van der Waals surface area contributed by atoms with Crippen LogP contribution in [0.25, 0.3) is 0 Å². The Hall–Kier alpha value is -1.46. The average Bonchev–Trinajstić information content (AvgIpc) is 2.67. The minimum atomic E-state index is 0.0781. The number of anilines is 1. The van der Waals surface area contributed by atoms with Crippen LogP contribution in [0.3, 0.4) is 0 Å². The predicted molar refractivity (Wildman–Crippen MR) is 104 cm³/mol. The first kappa shape index (κ1) is 18.3. The number of nitrogens with zero attached hydrogens (tertiary/aromatic N) is 3. The molecule has 1 aromatic rings. The number of amides is 2. The number of piperidine rings is 1. The predicted octanol–water partition coefficient (Wildman–Crippen LogP) is 3.05. The molecule has 3 rings (SSSR count).